The fourth-order valence-electron chi connectivity index (χ4n) is 3.58. The fraction of sp³-hybridized carbons (Fsp3) is 0.800. The molecule has 0 aromatic carbocycles. The van der Waals surface area contributed by atoms with E-state index in [0.29, 0.717) is 6.61 Å². The van der Waals surface area contributed by atoms with Gasteiger partial charge in [-0.1, -0.05) is 13.5 Å². The van der Waals surface area contributed by atoms with Crippen molar-refractivity contribution in [2.24, 2.45) is 0 Å². The smallest absolute Gasteiger partial charge is 0.223 e. The quantitative estimate of drug-likeness (QED) is 0.788. The molecule has 0 aromatic heterocycles. The van der Waals surface area contributed by atoms with Crippen molar-refractivity contribution in [1.29, 1.82) is 0 Å². The number of fused-ring (bicyclic) bond motifs is 4. The highest BCUT2D eigenvalue weighted by Gasteiger charge is 2.66. The lowest BCUT2D eigenvalue weighted by atomic mass is 9.85. The van der Waals surface area contributed by atoms with Crippen LogP contribution < -0.4 is 0 Å². The third kappa shape index (κ3) is 2.12. The molecule has 0 aliphatic carbocycles. The van der Waals surface area contributed by atoms with Crippen LogP contribution in [0.3, 0.4) is 0 Å². The van der Waals surface area contributed by atoms with Crippen molar-refractivity contribution in [2.45, 2.75) is 70.0 Å². The van der Waals surface area contributed by atoms with E-state index >= 15 is 0 Å². The molecule has 0 N–H and O–H groups in total. The molecule has 3 aliphatic heterocycles. The van der Waals surface area contributed by atoms with Gasteiger partial charge in [-0.05, 0) is 20.3 Å². The Morgan fingerprint density at radius 1 is 1.38 bits per heavy atom. The number of ether oxygens (including phenoxy) is 4. The Morgan fingerprint density at radius 2 is 2.10 bits per heavy atom. The molecule has 3 aliphatic rings. The van der Waals surface area contributed by atoms with Crippen molar-refractivity contribution in [3.63, 3.8) is 0 Å². The highest BCUT2D eigenvalue weighted by molar-refractivity contribution is 5.74. The summed E-state index contributed by atoms with van der Waals surface area (Å²) >= 11 is 0. The molecule has 1 amide bonds. The molecule has 3 rings (SSSR count). The largest absolute Gasteiger partial charge is 0.347 e. The van der Waals surface area contributed by atoms with E-state index < -0.39 is 17.7 Å². The van der Waals surface area contributed by atoms with Crippen LogP contribution in [0.2, 0.25) is 0 Å². The van der Waals surface area contributed by atoms with Crippen LogP contribution in [0.1, 0.15) is 34.1 Å². The van der Waals surface area contributed by atoms with Gasteiger partial charge in [-0.25, -0.2) is 0 Å². The maximum Gasteiger partial charge on any atom is 0.223 e. The van der Waals surface area contributed by atoms with Crippen LogP contribution in [0.4, 0.5) is 0 Å². The minimum absolute atomic E-state index is 0.120. The Hall–Kier alpha value is -0.950. The average molecular weight is 297 g/mol. The van der Waals surface area contributed by atoms with Gasteiger partial charge in [0.25, 0.3) is 0 Å². The van der Waals surface area contributed by atoms with Gasteiger partial charge >= 0.3 is 0 Å². The first-order valence-electron chi connectivity index (χ1n) is 7.40. The summed E-state index contributed by atoms with van der Waals surface area (Å²) in [6.07, 6.45) is 1.21. The maximum absolute atomic E-state index is 11.9. The van der Waals surface area contributed by atoms with Crippen LogP contribution in [0.25, 0.3) is 0 Å². The summed E-state index contributed by atoms with van der Waals surface area (Å²) in [5, 5.41) is 0. The molecule has 6 heteroatoms. The molecular weight excluding hydrogens is 274 g/mol. The molecule has 2 unspecified atom stereocenters. The number of rotatable bonds is 3. The van der Waals surface area contributed by atoms with Crippen molar-refractivity contribution in [3.8, 4) is 0 Å². The van der Waals surface area contributed by atoms with E-state index in [-0.39, 0.29) is 24.2 Å². The predicted molar refractivity (Wildman–Crippen MR) is 74.2 cm³/mol. The molecule has 0 spiro atoms. The lowest BCUT2D eigenvalue weighted by Crippen LogP contribution is -2.63. The van der Waals surface area contributed by atoms with Crippen LogP contribution in [0.5, 0.6) is 0 Å². The highest BCUT2D eigenvalue weighted by Crippen LogP contribution is 2.48. The monoisotopic (exact) mass is 297 g/mol. The van der Waals surface area contributed by atoms with E-state index in [1.165, 1.54) is 18.0 Å². The van der Waals surface area contributed by atoms with E-state index in [1.54, 1.807) is 0 Å². The van der Waals surface area contributed by atoms with Gasteiger partial charge in [-0.3, -0.25) is 4.79 Å². The van der Waals surface area contributed by atoms with Crippen LogP contribution in [0.15, 0.2) is 12.8 Å². The number of carbonyl (C=O) groups excluding carboxylic acids is 1. The van der Waals surface area contributed by atoms with E-state index in [0.717, 1.165) is 6.42 Å². The Labute approximate surface area is 125 Å². The Kier molecular flexibility index (Phi) is 3.40. The number of carbonyl (C=O) groups is 1. The zero-order valence-corrected chi connectivity index (χ0v) is 13.0. The third-order valence-electron chi connectivity index (χ3n) is 4.59. The van der Waals surface area contributed by atoms with Gasteiger partial charge in [0.1, 0.15) is 23.9 Å². The molecule has 2 bridgehead atoms. The first-order valence-corrected chi connectivity index (χ1v) is 7.40. The van der Waals surface area contributed by atoms with Gasteiger partial charge in [-0.15, -0.1) is 0 Å². The van der Waals surface area contributed by atoms with Crippen LogP contribution in [0, 0.1) is 0 Å². The number of hydrogen-bond acceptors (Lipinski definition) is 5. The summed E-state index contributed by atoms with van der Waals surface area (Å²) in [7, 11) is 0. The standard InChI is InChI=1S/C15H23NO5/c1-6-15-8-18-13(21-15)10(16(7-2)9(3)17)11-12(15)20-14(4,5)19-11/h7,10-13H,2,6,8H2,1,3-5H3/t10-,11?,12-,13?,15+/m1/s1. The molecule has 3 saturated heterocycles. The molecule has 5 atom stereocenters. The van der Waals surface area contributed by atoms with Crippen molar-refractivity contribution < 1.29 is 23.7 Å². The van der Waals surface area contributed by atoms with Gasteiger partial charge in [0.15, 0.2) is 12.1 Å². The van der Waals surface area contributed by atoms with Crippen molar-refractivity contribution in [3.05, 3.63) is 12.8 Å². The molecule has 21 heavy (non-hydrogen) atoms. The molecular formula is C15H23NO5. The lowest BCUT2D eigenvalue weighted by molar-refractivity contribution is -0.212. The molecule has 0 radical (unpaired) electrons. The zero-order valence-electron chi connectivity index (χ0n) is 13.0. The first kappa shape index (κ1) is 15.0. The predicted octanol–water partition coefficient (Wildman–Crippen LogP) is 1.40. The Balaban J connectivity index is 1.99. The zero-order chi connectivity index (χ0) is 15.4. The van der Waals surface area contributed by atoms with Gasteiger partial charge in [-0.2, -0.15) is 0 Å². The molecule has 3 fully saturated rings. The van der Waals surface area contributed by atoms with Crippen molar-refractivity contribution in [2.75, 3.05) is 6.61 Å². The Morgan fingerprint density at radius 3 is 2.67 bits per heavy atom. The second kappa shape index (κ2) is 4.78. The topological polar surface area (TPSA) is 57.2 Å². The molecule has 0 saturated carbocycles. The van der Waals surface area contributed by atoms with E-state index in [9.17, 15) is 4.79 Å². The van der Waals surface area contributed by atoms with E-state index in [2.05, 4.69) is 6.58 Å². The minimum atomic E-state index is -0.701. The van der Waals surface area contributed by atoms with E-state index in [4.69, 9.17) is 18.9 Å². The lowest BCUT2D eigenvalue weighted by Gasteiger charge is -2.44. The van der Waals surface area contributed by atoms with Gasteiger partial charge < -0.3 is 23.8 Å². The van der Waals surface area contributed by atoms with Crippen LogP contribution in [-0.2, 0) is 23.7 Å². The normalized spacial score (nSPS) is 43.4. The summed E-state index contributed by atoms with van der Waals surface area (Å²) in [4.78, 5) is 13.4. The molecule has 6 nitrogen and oxygen atoms in total. The number of nitrogens with zero attached hydrogens (tertiary/aromatic N) is 1. The van der Waals surface area contributed by atoms with Gasteiger partial charge in [0.2, 0.25) is 5.91 Å². The molecule has 0 aromatic rings. The summed E-state index contributed by atoms with van der Waals surface area (Å²) in [5.41, 5.74) is -0.497. The van der Waals surface area contributed by atoms with Crippen molar-refractivity contribution >= 4 is 5.91 Å². The summed E-state index contributed by atoms with van der Waals surface area (Å²) in [6.45, 7) is 11.5. The van der Waals surface area contributed by atoms with Crippen LogP contribution in [-0.4, -0.2) is 53.3 Å². The fourth-order valence-corrected chi connectivity index (χ4v) is 3.58. The molecule has 118 valence electrons. The van der Waals surface area contributed by atoms with Crippen LogP contribution >= 0.6 is 0 Å². The average Bonchev–Trinajstić information content (AvgIpc) is 2.94. The second-order valence-electron chi connectivity index (χ2n) is 6.34. The third-order valence-corrected chi connectivity index (χ3v) is 4.59. The molecule has 3 heterocycles. The van der Waals surface area contributed by atoms with Crippen molar-refractivity contribution in [1.82, 2.24) is 4.90 Å². The summed E-state index contributed by atoms with van der Waals surface area (Å²) < 4.78 is 24.1. The SMILES string of the molecule is C=CN(C(C)=O)[C@H]1C2OC[C@](CC)(O2)[C@@H]2OC(C)(C)OC12. The maximum atomic E-state index is 11.9. The summed E-state index contributed by atoms with van der Waals surface area (Å²) in [5.74, 6) is -0.821. The summed E-state index contributed by atoms with van der Waals surface area (Å²) in [6, 6.07) is -0.381. The highest BCUT2D eigenvalue weighted by atomic mass is 16.8. The minimum Gasteiger partial charge on any atom is -0.347 e. The van der Waals surface area contributed by atoms with Gasteiger partial charge in [0.05, 0.1) is 6.61 Å². The first-order chi connectivity index (χ1) is 9.83. The second-order valence-corrected chi connectivity index (χ2v) is 6.34. The van der Waals surface area contributed by atoms with Gasteiger partial charge in [0, 0.05) is 13.1 Å². The number of amides is 1. The van der Waals surface area contributed by atoms with E-state index in [1.807, 2.05) is 20.8 Å². The number of hydrogen-bond donors (Lipinski definition) is 0. The Bertz CT molecular complexity index is 465.